The molecule has 0 saturated heterocycles. The number of ether oxygens (including phenoxy) is 1. The molecule has 0 bridgehead atoms. The first-order chi connectivity index (χ1) is 7.79. The summed E-state index contributed by atoms with van der Waals surface area (Å²) in [5, 5.41) is 3.15. The number of anilines is 3. The van der Waals surface area contributed by atoms with E-state index in [1.807, 2.05) is 36.4 Å². The third kappa shape index (κ3) is 2.23. The summed E-state index contributed by atoms with van der Waals surface area (Å²) < 4.78 is 5.23. The monoisotopic (exact) mass is 215 g/mol. The number of hydrogen-bond donors (Lipinski definition) is 2. The van der Waals surface area contributed by atoms with E-state index < -0.39 is 0 Å². The minimum absolute atomic E-state index is 0.486. The molecule has 4 nitrogen and oxygen atoms in total. The maximum absolute atomic E-state index is 5.60. The van der Waals surface area contributed by atoms with Gasteiger partial charge in [0.25, 0.3) is 0 Å². The van der Waals surface area contributed by atoms with E-state index in [2.05, 4.69) is 10.3 Å². The second-order valence-electron chi connectivity index (χ2n) is 3.27. The highest BCUT2D eigenvalue weighted by molar-refractivity contribution is 5.64. The Balaban J connectivity index is 2.26. The van der Waals surface area contributed by atoms with E-state index in [0.717, 1.165) is 11.4 Å². The summed E-state index contributed by atoms with van der Waals surface area (Å²) in [7, 11) is 1.63. The topological polar surface area (TPSA) is 60.2 Å². The number of benzene rings is 1. The molecule has 16 heavy (non-hydrogen) atoms. The molecule has 1 aromatic heterocycles. The molecule has 0 spiro atoms. The van der Waals surface area contributed by atoms with E-state index in [4.69, 9.17) is 10.5 Å². The summed E-state index contributed by atoms with van der Waals surface area (Å²) >= 11 is 0. The molecule has 0 atom stereocenters. The molecule has 0 saturated carbocycles. The SMILES string of the molecule is COc1ccccc1Nc1cccc(N)n1. The Bertz CT molecular complexity index is 485. The van der Waals surface area contributed by atoms with Crippen LogP contribution in [0.2, 0.25) is 0 Å². The molecule has 0 radical (unpaired) electrons. The highest BCUT2D eigenvalue weighted by Gasteiger charge is 2.02. The van der Waals surface area contributed by atoms with Gasteiger partial charge < -0.3 is 15.8 Å². The number of hydrogen-bond acceptors (Lipinski definition) is 4. The first-order valence-electron chi connectivity index (χ1n) is 4.92. The quantitative estimate of drug-likeness (QED) is 0.825. The Morgan fingerprint density at radius 2 is 1.94 bits per heavy atom. The summed E-state index contributed by atoms with van der Waals surface area (Å²) in [5.41, 5.74) is 6.46. The van der Waals surface area contributed by atoms with E-state index in [9.17, 15) is 0 Å². The summed E-state index contributed by atoms with van der Waals surface area (Å²) in [6, 6.07) is 13.1. The Labute approximate surface area is 94.1 Å². The Morgan fingerprint density at radius 3 is 2.69 bits per heavy atom. The molecule has 82 valence electrons. The third-order valence-corrected chi connectivity index (χ3v) is 2.14. The van der Waals surface area contributed by atoms with E-state index in [-0.39, 0.29) is 0 Å². The number of nitrogens with zero attached hydrogens (tertiary/aromatic N) is 1. The summed E-state index contributed by atoms with van der Waals surface area (Å²) in [4.78, 5) is 4.15. The predicted molar refractivity (Wildman–Crippen MR) is 64.9 cm³/mol. The second kappa shape index (κ2) is 4.53. The molecule has 0 fully saturated rings. The van der Waals surface area contributed by atoms with Gasteiger partial charge in [0.2, 0.25) is 0 Å². The Kier molecular flexibility index (Phi) is 2.91. The number of nitrogen functional groups attached to an aromatic ring is 1. The van der Waals surface area contributed by atoms with Gasteiger partial charge in [0.15, 0.2) is 0 Å². The molecule has 0 aliphatic heterocycles. The highest BCUT2D eigenvalue weighted by atomic mass is 16.5. The molecule has 0 unspecified atom stereocenters. The lowest BCUT2D eigenvalue weighted by atomic mass is 10.3. The van der Waals surface area contributed by atoms with Gasteiger partial charge in [-0.1, -0.05) is 18.2 Å². The first-order valence-corrected chi connectivity index (χ1v) is 4.92. The van der Waals surface area contributed by atoms with Gasteiger partial charge >= 0.3 is 0 Å². The molecule has 0 aliphatic rings. The molecule has 0 amide bonds. The van der Waals surface area contributed by atoms with Crippen LogP contribution in [-0.2, 0) is 0 Å². The van der Waals surface area contributed by atoms with Crippen LogP contribution in [0.3, 0.4) is 0 Å². The van der Waals surface area contributed by atoms with E-state index in [1.54, 1.807) is 13.2 Å². The van der Waals surface area contributed by atoms with Gasteiger partial charge in [-0.05, 0) is 24.3 Å². The van der Waals surface area contributed by atoms with E-state index >= 15 is 0 Å². The van der Waals surface area contributed by atoms with Crippen molar-refractivity contribution in [1.82, 2.24) is 4.98 Å². The largest absolute Gasteiger partial charge is 0.495 e. The maximum Gasteiger partial charge on any atom is 0.142 e. The van der Waals surface area contributed by atoms with Gasteiger partial charge in [-0.15, -0.1) is 0 Å². The molecule has 1 heterocycles. The van der Waals surface area contributed by atoms with Crippen LogP contribution in [-0.4, -0.2) is 12.1 Å². The zero-order valence-corrected chi connectivity index (χ0v) is 8.97. The average Bonchev–Trinajstić information content (AvgIpc) is 2.30. The highest BCUT2D eigenvalue weighted by Crippen LogP contribution is 2.26. The van der Waals surface area contributed by atoms with Crippen LogP contribution < -0.4 is 15.8 Å². The van der Waals surface area contributed by atoms with Crippen molar-refractivity contribution >= 4 is 17.3 Å². The van der Waals surface area contributed by atoms with Crippen molar-refractivity contribution in [2.45, 2.75) is 0 Å². The normalized spacial score (nSPS) is 9.81. The number of pyridine rings is 1. The fourth-order valence-corrected chi connectivity index (χ4v) is 1.41. The second-order valence-corrected chi connectivity index (χ2v) is 3.27. The van der Waals surface area contributed by atoms with Gasteiger partial charge in [0.05, 0.1) is 12.8 Å². The number of rotatable bonds is 3. The van der Waals surface area contributed by atoms with Crippen LogP contribution in [0.4, 0.5) is 17.3 Å². The zero-order valence-electron chi connectivity index (χ0n) is 8.97. The van der Waals surface area contributed by atoms with E-state index in [1.165, 1.54) is 0 Å². The molecule has 2 aromatic rings. The van der Waals surface area contributed by atoms with Crippen LogP contribution in [0.5, 0.6) is 5.75 Å². The van der Waals surface area contributed by atoms with Crippen molar-refractivity contribution in [3.63, 3.8) is 0 Å². The summed E-state index contributed by atoms with van der Waals surface area (Å²) in [6.45, 7) is 0. The minimum Gasteiger partial charge on any atom is -0.495 e. The van der Waals surface area contributed by atoms with Gasteiger partial charge in [-0.2, -0.15) is 0 Å². The fourth-order valence-electron chi connectivity index (χ4n) is 1.41. The lowest BCUT2D eigenvalue weighted by Gasteiger charge is -2.10. The summed E-state index contributed by atoms with van der Waals surface area (Å²) in [6.07, 6.45) is 0. The molecule has 2 rings (SSSR count). The van der Waals surface area contributed by atoms with Crippen molar-refractivity contribution in [3.05, 3.63) is 42.5 Å². The van der Waals surface area contributed by atoms with E-state index in [0.29, 0.717) is 11.6 Å². The molecular formula is C12H13N3O. The minimum atomic E-state index is 0.486. The van der Waals surface area contributed by atoms with Gasteiger partial charge in [-0.3, -0.25) is 0 Å². The smallest absolute Gasteiger partial charge is 0.142 e. The van der Waals surface area contributed by atoms with Crippen molar-refractivity contribution in [2.75, 3.05) is 18.2 Å². The Hall–Kier alpha value is -2.23. The molecule has 4 heteroatoms. The predicted octanol–water partition coefficient (Wildman–Crippen LogP) is 2.42. The van der Waals surface area contributed by atoms with Gasteiger partial charge in [-0.25, -0.2) is 4.98 Å². The summed E-state index contributed by atoms with van der Waals surface area (Å²) in [5.74, 6) is 1.95. The average molecular weight is 215 g/mol. The van der Waals surface area contributed by atoms with Crippen molar-refractivity contribution in [3.8, 4) is 5.75 Å². The standard InChI is InChI=1S/C12H13N3O/c1-16-10-6-3-2-5-9(10)14-12-8-4-7-11(13)15-12/h2-8H,1H3,(H3,13,14,15). The van der Waals surface area contributed by atoms with Crippen molar-refractivity contribution in [2.24, 2.45) is 0 Å². The number of nitrogens with one attached hydrogen (secondary N) is 1. The van der Waals surface area contributed by atoms with Gasteiger partial charge in [0.1, 0.15) is 17.4 Å². The van der Waals surface area contributed by atoms with Crippen LogP contribution in [0, 0.1) is 0 Å². The third-order valence-electron chi connectivity index (χ3n) is 2.14. The first kappa shape index (κ1) is 10.3. The van der Waals surface area contributed by atoms with Crippen LogP contribution >= 0.6 is 0 Å². The molecule has 1 aromatic carbocycles. The Morgan fingerprint density at radius 1 is 1.12 bits per heavy atom. The number of para-hydroxylation sites is 2. The van der Waals surface area contributed by atoms with Crippen LogP contribution in [0.25, 0.3) is 0 Å². The van der Waals surface area contributed by atoms with Crippen molar-refractivity contribution in [1.29, 1.82) is 0 Å². The fraction of sp³-hybridized carbons (Fsp3) is 0.0833. The molecule has 3 N–H and O–H groups in total. The number of aromatic nitrogens is 1. The van der Waals surface area contributed by atoms with Crippen LogP contribution in [0.15, 0.2) is 42.5 Å². The van der Waals surface area contributed by atoms with Gasteiger partial charge in [0, 0.05) is 0 Å². The number of methoxy groups -OCH3 is 1. The maximum atomic E-state index is 5.60. The molecule has 0 aliphatic carbocycles. The zero-order chi connectivity index (χ0) is 11.4. The molecular weight excluding hydrogens is 202 g/mol. The lowest BCUT2D eigenvalue weighted by Crippen LogP contribution is -1.98. The number of nitrogens with two attached hydrogens (primary N) is 1. The lowest BCUT2D eigenvalue weighted by molar-refractivity contribution is 0.417. The van der Waals surface area contributed by atoms with Crippen molar-refractivity contribution < 1.29 is 4.74 Å². The van der Waals surface area contributed by atoms with Crippen LogP contribution in [0.1, 0.15) is 0 Å².